The molecule has 0 bridgehead atoms. The maximum absolute atomic E-state index is 2.53. The minimum atomic E-state index is 0.809. The molecule has 0 aliphatic rings. The van der Waals surface area contributed by atoms with E-state index in [4.69, 9.17) is 0 Å². The van der Waals surface area contributed by atoms with Gasteiger partial charge in [-0.15, -0.1) is 0 Å². The third kappa shape index (κ3) is 13.3. The second kappa shape index (κ2) is 17.9. The molecule has 0 nitrogen and oxygen atoms in total. The molecule has 0 amide bonds. The smallest absolute Gasteiger partial charge is 0.0654 e. The fourth-order valence-electron chi connectivity index (χ4n) is 4.87. The molecule has 1 heteroatoms. The lowest BCUT2D eigenvalue weighted by atomic mass is 9.62. The summed E-state index contributed by atoms with van der Waals surface area (Å²) < 4.78 is 0. The van der Waals surface area contributed by atoms with E-state index in [0.717, 1.165) is 35.4 Å². The van der Waals surface area contributed by atoms with Gasteiger partial charge in [-0.3, -0.25) is 0 Å². The first-order chi connectivity index (χ1) is 13.3. The van der Waals surface area contributed by atoms with Gasteiger partial charge < -0.3 is 0 Å². The van der Waals surface area contributed by atoms with Crippen molar-refractivity contribution in [3.63, 3.8) is 0 Å². The number of unbranched alkanes of at least 4 members (excludes halogenated alkanes) is 8. The molecule has 0 spiro atoms. The Kier molecular flexibility index (Phi) is 17.9. The molecule has 0 aromatic carbocycles. The van der Waals surface area contributed by atoms with E-state index in [2.05, 4.69) is 56.3 Å². The van der Waals surface area contributed by atoms with Gasteiger partial charge in [0.1, 0.15) is 7.85 Å². The Morgan fingerprint density at radius 1 is 0.536 bits per heavy atom. The standard InChI is InChI=1S/C27H57B/c1-8-10-12-14-15-17-19-26(18-16-13-11-9-2)21-20-23(5)25(7)27(28)24(6)22(3)4/h22-27H,8-21,28H2,1-7H3. The molecule has 0 aliphatic heterocycles. The van der Waals surface area contributed by atoms with Crippen LogP contribution >= 0.6 is 0 Å². The van der Waals surface area contributed by atoms with E-state index in [1.54, 1.807) is 0 Å². The highest BCUT2D eigenvalue weighted by Gasteiger charge is 2.25. The first-order valence-corrected chi connectivity index (χ1v) is 13.3. The average molecular weight is 393 g/mol. The quantitative estimate of drug-likeness (QED) is 0.152. The SMILES string of the molecule is BC(C(C)C(C)C)C(C)C(C)CCC(CCCCCC)CCCCCCCC. The summed E-state index contributed by atoms with van der Waals surface area (Å²) in [6, 6.07) is 0. The number of hydrogen-bond donors (Lipinski definition) is 0. The van der Waals surface area contributed by atoms with E-state index in [9.17, 15) is 0 Å². The molecule has 0 fully saturated rings. The van der Waals surface area contributed by atoms with Crippen molar-refractivity contribution in [2.45, 2.75) is 144 Å². The van der Waals surface area contributed by atoms with Gasteiger partial charge in [-0.05, 0) is 29.6 Å². The zero-order valence-corrected chi connectivity index (χ0v) is 21.4. The van der Waals surface area contributed by atoms with Gasteiger partial charge >= 0.3 is 0 Å². The highest BCUT2D eigenvalue weighted by Crippen LogP contribution is 2.36. The third-order valence-electron chi connectivity index (χ3n) is 8.07. The largest absolute Gasteiger partial charge is 0.106 e. The van der Waals surface area contributed by atoms with Crippen LogP contribution in [0.15, 0.2) is 0 Å². The van der Waals surface area contributed by atoms with Gasteiger partial charge in [0, 0.05) is 0 Å². The van der Waals surface area contributed by atoms with Gasteiger partial charge in [0.05, 0.1) is 0 Å². The Morgan fingerprint density at radius 3 is 1.50 bits per heavy atom. The molecular weight excluding hydrogens is 335 g/mol. The van der Waals surface area contributed by atoms with E-state index < -0.39 is 0 Å². The van der Waals surface area contributed by atoms with Crippen molar-refractivity contribution < 1.29 is 0 Å². The summed E-state index contributed by atoms with van der Waals surface area (Å²) in [7, 11) is 2.50. The lowest BCUT2D eigenvalue weighted by molar-refractivity contribution is 0.245. The van der Waals surface area contributed by atoms with Crippen molar-refractivity contribution >= 4 is 7.85 Å². The summed E-state index contributed by atoms with van der Waals surface area (Å²) in [4.78, 5) is 0. The van der Waals surface area contributed by atoms with Crippen molar-refractivity contribution in [3.8, 4) is 0 Å². The number of hydrogen-bond acceptors (Lipinski definition) is 0. The van der Waals surface area contributed by atoms with Crippen LogP contribution in [0.3, 0.4) is 0 Å². The van der Waals surface area contributed by atoms with Crippen LogP contribution in [0.5, 0.6) is 0 Å². The van der Waals surface area contributed by atoms with Crippen molar-refractivity contribution in [1.82, 2.24) is 0 Å². The van der Waals surface area contributed by atoms with E-state index >= 15 is 0 Å². The molecule has 0 aromatic heterocycles. The van der Waals surface area contributed by atoms with Crippen LogP contribution in [0.1, 0.15) is 138 Å². The fraction of sp³-hybridized carbons (Fsp3) is 1.00. The van der Waals surface area contributed by atoms with Gasteiger partial charge in [-0.25, -0.2) is 0 Å². The van der Waals surface area contributed by atoms with E-state index in [1.807, 2.05) is 0 Å². The highest BCUT2D eigenvalue weighted by atomic mass is 14.3. The Balaban J connectivity index is 4.37. The van der Waals surface area contributed by atoms with Crippen molar-refractivity contribution in [1.29, 1.82) is 0 Å². The topological polar surface area (TPSA) is 0 Å². The third-order valence-corrected chi connectivity index (χ3v) is 8.07. The van der Waals surface area contributed by atoms with Crippen LogP contribution in [0.25, 0.3) is 0 Å². The number of rotatable bonds is 19. The molecule has 0 saturated heterocycles. The van der Waals surface area contributed by atoms with Crippen LogP contribution in [0.2, 0.25) is 5.82 Å². The zero-order valence-electron chi connectivity index (χ0n) is 21.4. The summed E-state index contributed by atoms with van der Waals surface area (Å²) in [6.45, 7) is 17.0. The van der Waals surface area contributed by atoms with Crippen LogP contribution in [-0.2, 0) is 0 Å². The summed E-state index contributed by atoms with van der Waals surface area (Å²) >= 11 is 0. The van der Waals surface area contributed by atoms with Crippen molar-refractivity contribution in [3.05, 3.63) is 0 Å². The van der Waals surface area contributed by atoms with E-state index in [0.29, 0.717) is 0 Å². The van der Waals surface area contributed by atoms with Gasteiger partial charge in [0.2, 0.25) is 0 Å². The van der Waals surface area contributed by atoms with Gasteiger partial charge in [0.25, 0.3) is 0 Å². The molecule has 0 rings (SSSR count). The minimum Gasteiger partial charge on any atom is -0.0654 e. The molecule has 0 N–H and O–H groups in total. The summed E-state index contributed by atoms with van der Waals surface area (Å²) in [5.41, 5.74) is 0. The summed E-state index contributed by atoms with van der Waals surface area (Å²) in [5.74, 6) is 5.22. The molecule has 5 atom stereocenters. The monoisotopic (exact) mass is 392 g/mol. The molecule has 0 saturated carbocycles. The molecule has 0 radical (unpaired) electrons. The Morgan fingerprint density at radius 2 is 1.00 bits per heavy atom. The summed E-state index contributed by atoms with van der Waals surface area (Å²) in [5, 5.41) is 0. The van der Waals surface area contributed by atoms with E-state index in [-0.39, 0.29) is 0 Å². The first-order valence-electron chi connectivity index (χ1n) is 13.3. The van der Waals surface area contributed by atoms with Crippen LogP contribution in [0, 0.1) is 29.6 Å². The molecule has 168 valence electrons. The predicted octanol–water partition coefficient (Wildman–Crippen LogP) is 9.09. The minimum absolute atomic E-state index is 0.809. The summed E-state index contributed by atoms with van der Waals surface area (Å²) in [6.07, 6.45) is 20.3. The second-order valence-electron chi connectivity index (χ2n) is 10.6. The van der Waals surface area contributed by atoms with Crippen LogP contribution in [0.4, 0.5) is 0 Å². The van der Waals surface area contributed by atoms with Crippen LogP contribution in [-0.4, -0.2) is 7.85 Å². The maximum atomic E-state index is 2.53. The molecular formula is C27H57B. The van der Waals surface area contributed by atoms with Crippen LogP contribution < -0.4 is 0 Å². The molecule has 0 aliphatic carbocycles. The fourth-order valence-corrected chi connectivity index (χ4v) is 4.87. The Hall–Kier alpha value is 0.0649. The molecule has 28 heavy (non-hydrogen) atoms. The molecule has 0 aromatic rings. The van der Waals surface area contributed by atoms with Gasteiger partial charge in [0.15, 0.2) is 0 Å². The molecule has 5 unspecified atom stereocenters. The maximum Gasteiger partial charge on any atom is 0.106 e. The van der Waals surface area contributed by atoms with Gasteiger partial charge in [-0.1, -0.05) is 144 Å². The lowest BCUT2D eigenvalue weighted by Crippen LogP contribution is -2.23. The predicted molar refractivity (Wildman–Crippen MR) is 134 cm³/mol. The zero-order chi connectivity index (χ0) is 21.4. The lowest BCUT2D eigenvalue weighted by Gasteiger charge is -2.33. The highest BCUT2D eigenvalue weighted by molar-refractivity contribution is 6.12. The van der Waals surface area contributed by atoms with Gasteiger partial charge in [-0.2, -0.15) is 0 Å². The van der Waals surface area contributed by atoms with Crippen molar-refractivity contribution in [2.24, 2.45) is 29.6 Å². The average Bonchev–Trinajstić information content (AvgIpc) is 2.68. The Labute approximate surface area is 181 Å². The van der Waals surface area contributed by atoms with E-state index in [1.165, 1.54) is 89.9 Å². The molecule has 0 heterocycles. The Bertz CT molecular complexity index is 324. The normalized spacial score (nSPS) is 17.4. The van der Waals surface area contributed by atoms with Crippen molar-refractivity contribution in [2.75, 3.05) is 0 Å². The second-order valence-corrected chi connectivity index (χ2v) is 10.6. The first kappa shape index (κ1) is 28.1.